The highest BCUT2D eigenvalue weighted by molar-refractivity contribution is 5.94. The van der Waals surface area contributed by atoms with Gasteiger partial charge in [-0.25, -0.2) is 8.78 Å². The van der Waals surface area contributed by atoms with Gasteiger partial charge in [0.05, 0.1) is 13.5 Å². The van der Waals surface area contributed by atoms with E-state index in [-0.39, 0.29) is 24.4 Å². The van der Waals surface area contributed by atoms with Crippen molar-refractivity contribution >= 4 is 17.6 Å². The standard InChI is InChI=1S/C12H13F2NO3/c1-15(11(16)5-6-12(17)18-2)8-3-4-9(13)10(14)7-8/h3-4,7H,5-6H2,1-2H3. The minimum atomic E-state index is -1.03. The third kappa shape index (κ3) is 3.51. The van der Waals surface area contributed by atoms with Crippen molar-refractivity contribution in [1.82, 2.24) is 0 Å². The maximum absolute atomic E-state index is 13.0. The Kier molecular flexibility index (Phi) is 4.76. The van der Waals surface area contributed by atoms with E-state index >= 15 is 0 Å². The largest absolute Gasteiger partial charge is 0.469 e. The molecule has 1 aromatic carbocycles. The van der Waals surface area contributed by atoms with Crippen LogP contribution in [0.1, 0.15) is 12.8 Å². The molecule has 0 saturated heterocycles. The van der Waals surface area contributed by atoms with Crippen LogP contribution in [0.2, 0.25) is 0 Å². The van der Waals surface area contributed by atoms with Gasteiger partial charge in [-0.1, -0.05) is 0 Å². The molecule has 1 amide bonds. The predicted molar refractivity (Wildman–Crippen MR) is 61.0 cm³/mol. The van der Waals surface area contributed by atoms with Crippen molar-refractivity contribution in [2.45, 2.75) is 12.8 Å². The minimum Gasteiger partial charge on any atom is -0.469 e. The zero-order valence-electron chi connectivity index (χ0n) is 10.1. The Morgan fingerprint density at radius 1 is 1.22 bits per heavy atom. The topological polar surface area (TPSA) is 46.6 Å². The first-order chi connectivity index (χ1) is 8.45. The van der Waals surface area contributed by atoms with E-state index in [9.17, 15) is 18.4 Å². The Morgan fingerprint density at radius 3 is 2.44 bits per heavy atom. The van der Waals surface area contributed by atoms with Crippen molar-refractivity contribution in [1.29, 1.82) is 0 Å². The van der Waals surface area contributed by atoms with E-state index in [1.807, 2.05) is 0 Å². The number of rotatable bonds is 4. The summed E-state index contributed by atoms with van der Waals surface area (Å²) in [7, 11) is 2.65. The van der Waals surface area contributed by atoms with E-state index < -0.39 is 17.6 Å². The number of esters is 1. The van der Waals surface area contributed by atoms with Crippen molar-refractivity contribution in [2.24, 2.45) is 0 Å². The van der Waals surface area contributed by atoms with Gasteiger partial charge in [0.25, 0.3) is 0 Å². The zero-order valence-corrected chi connectivity index (χ0v) is 10.1. The van der Waals surface area contributed by atoms with Crippen LogP contribution in [0.5, 0.6) is 0 Å². The number of hydrogen-bond acceptors (Lipinski definition) is 3. The highest BCUT2D eigenvalue weighted by atomic mass is 19.2. The molecule has 0 heterocycles. The first-order valence-electron chi connectivity index (χ1n) is 5.24. The number of anilines is 1. The van der Waals surface area contributed by atoms with Crippen LogP contribution >= 0.6 is 0 Å². The van der Waals surface area contributed by atoms with Gasteiger partial charge in [-0.05, 0) is 12.1 Å². The Balaban J connectivity index is 2.68. The normalized spacial score (nSPS) is 10.0. The molecule has 0 radical (unpaired) electrons. The molecule has 0 unspecified atom stereocenters. The monoisotopic (exact) mass is 257 g/mol. The molecule has 0 aromatic heterocycles. The molecular weight excluding hydrogens is 244 g/mol. The van der Waals surface area contributed by atoms with Crippen molar-refractivity contribution < 1.29 is 23.1 Å². The Bertz CT molecular complexity index is 463. The van der Waals surface area contributed by atoms with Gasteiger partial charge < -0.3 is 9.64 Å². The fourth-order valence-corrected chi connectivity index (χ4v) is 1.32. The van der Waals surface area contributed by atoms with Crippen LogP contribution in [0.25, 0.3) is 0 Å². The van der Waals surface area contributed by atoms with Gasteiger partial charge in [0.1, 0.15) is 0 Å². The summed E-state index contributed by atoms with van der Waals surface area (Å²) in [5, 5.41) is 0. The molecule has 0 saturated carbocycles. The van der Waals surface area contributed by atoms with E-state index in [0.29, 0.717) is 0 Å². The molecule has 4 nitrogen and oxygen atoms in total. The summed E-state index contributed by atoms with van der Waals surface area (Å²) in [5.74, 6) is -2.89. The van der Waals surface area contributed by atoms with Gasteiger partial charge in [-0.3, -0.25) is 9.59 Å². The molecule has 0 atom stereocenters. The van der Waals surface area contributed by atoms with E-state index in [0.717, 1.165) is 17.0 Å². The molecule has 0 aliphatic rings. The van der Waals surface area contributed by atoms with E-state index in [1.54, 1.807) is 0 Å². The van der Waals surface area contributed by atoms with Gasteiger partial charge in [0, 0.05) is 25.2 Å². The van der Waals surface area contributed by atoms with E-state index in [1.165, 1.54) is 20.2 Å². The molecule has 0 aliphatic carbocycles. The van der Waals surface area contributed by atoms with Crippen molar-refractivity contribution in [3.63, 3.8) is 0 Å². The number of benzene rings is 1. The number of nitrogens with zero attached hydrogens (tertiary/aromatic N) is 1. The lowest BCUT2D eigenvalue weighted by atomic mass is 10.2. The van der Waals surface area contributed by atoms with Crippen LogP contribution in [-0.2, 0) is 14.3 Å². The fraction of sp³-hybridized carbons (Fsp3) is 0.333. The quantitative estimate of drug-likeness (QED) is 0.774. The summed E-state index contributed by atoms with van der Waals surface area (Å²) in [6, 6.07) is 3.15. The van der Waals surface area contributed by atoms with Crippen LogP contribution in [-0.4, -0.2) is 26.0 Å². The maximum Gasteiger partial charge on any atom is 0.306 e. The average molecular weight is 257 g/mol. The van der Waals surface area contributed by atoms with Crippen LogP contribution in [0.3, 0.4) is 0 Å². The highest BCUT2D eigenvalue weighted by Gasteiger charge is 2.14. The minimum absolute atomic E-state index is 0.0522. The van der Waals surface area contributed by atoms with Gasteiger partial charge >= 0.3 is 5.97 Å². The summed E-state index contributed by atoms with van der Waals surface area (Å²) < 4.78 is 30.1. The predicted octanol–water partition coefficient (Wildman–Crippen LogP) is 1.88. The van der Waals surface area contributed by atoms with Crippen molar-refractivity contribution in [2.75, 3.05) is 19.1 Å². The average Bonchev–Trinajstić information content (AvgIpc) is 2.37. The first kappa shape index (κ1) is 14.1. The third-order valence-corrected chi connectivity index (χ3v) is 2.44. The fourth-order valence-electron chi connectivity index (χ4n) is 1.32. The van der Waals surface area contributed by atoms with E-state index in [2.05, 4.69) is 4.74 Å². The summed E-state index contributed by atoms with van der Waals surface area (Å²) in [5.41, 5.74) is 0.226. The van der Waals surface area contributed by atoms with Gasteiger partial charge in [-0.2, -0.15) is 0 Å². The SMILES string of the molecule is COC(=O)CCC(=O)N(C)c1ccc(F)c(F)c1. The van der Waals surface area contributed by atoms with Crippen LogP contribution in [0.4, 0.5) is 14.5 Å². The number of ether oxygens (including phenoxy) is 1. The van der Waals surface area contributed by atoms with Gasteiger partial charge in [0.15, 0.2) is 11.6 Å². The summed E-state index contributed by atoms with van der Waals surface area (Å²) in [4.78, 5) is 23.7. The Labute approximate surface area is 103 Å². The number of amides is 1. The second kappa shape index (κ2) is 6.09. The molecule has 0 aliphatic heterocycles. The van der Waals surface area contributed by atoms with Crippen molar-refractivity contribution in [3.8, 4) is 0 Å². The number of methoxy groups -OCH3 is 1. The van der Waals surface area contributed by atoms with Gasteiger partial charge in [-0.15, -0.1) is 0 Å². The molecule has 1 aromatic rings. The molecule has 0 N–H and O–H groups in total. The lowest BCUT2D eigenvalue weighted by molar-refractivity contribution is -0.141. The smallest absolute Gasteiger partial charge is 0.306 e. The second-order valence-corrected chi connectivity index (χ2v) is 3.63. The summed E-state index contributed by atoms with van der Waals surface area (Å²) in [6.07, 6.45) is -0.106. The van der Waals surface area contributed by atoms with Crippen LogP contribution in [0.15, 0.2) is 18.2 Å². The van der Waals surface area contributed by atoms with Gasteiger partial charge in [0.2, 0.25) is 5.91 Å². The Hall–Kier alpha value is -1.98. The second-order valence-electron chi connectivity index (χ2n) is 3.63. The maximum atomic E-state index is 13.0. The van der Waals surface area contributed by atoms with Crippen LogP contribution < -0.4 is 4.90 Å². The molecule has 18 heavy (non-hydrogen) atoms. The molecule has 6 heteroatoms. The first-order valence-corrected chi connectivity index (χ1v) is 5.24. The lowest BCUT2D eigenvalue weighted by Crippen LogP contribution is -2.26. The number of halogens is 2. The van der Waals surface area contributed by atoms with E-state index in [4.69, 9.17) is 0 Å². The third-order valence-electron chi connectivity index (χ3n) is 2.44. The molecule has 0 bridgehead atoms. The number of carbonyl (C=O) groups excluding carboxylic acids is 2. The molecular formula is C12H13F2NO3. The summed E-state index contributed by atoms with van der Waals surface area (Å²) >= 11 is 0. The van der Waals surface area contributed by atoms with Crippen molar-refractivity contribution in [3.05, 3.63) is 29.8 Å². The zero-order chi connectivity index (χ0) is 13.7. The van der Waals surface area contributed by atoms with Crippen LogP contribution in [0, 0.1) is 11.6 Å². The molecule has 98 valence electrons. The lowest BCUT2D eigenvalue weighted by Gasteiger charge is -2.17. The number of hydrogen-bond donors (Lipinski definition) is 0. The molecule has 0 spiro atoms. The highest BCUT2D eigenvalue weighted by Crippen LogP contribution is 2.17. The molecule has 0 fully saturated rings. The Morgan fingerprint density at radius 2 is 1.89 bits per heavy atom. The molecule has 1 rings (SSSR count). The summed E-state index contributed by atoms with van der Waals surface area (Å²) in [6.45, 7) is 0. The number of carbonyl (C=O) groups is 2.